The molecule has 4 aromatic rings. The first kappa shape index (κ1) is 54.4. The second kappa shape index (κ2) is 27.5. The van der Waals surface area contributed by atoms with E-state index in [4.69, 9.17) is 18.9 Å². The second-order valence-electron chi connectivity index (χ2n) is 15.2. The molecule has 12 nitrogen and oxygen atoms in total. The van der Waals surface area contributed by atoms with Crippen LogP contribution in [0.5, 0.6) is 23.0 Å². The number of aliphatic hydroxyl groups excluding tert-OH is 2. The maximum atomic E-state index is 13.7. The van der Waals surface area contributed by atoms with Gasteiger partial charge in [-0.2, -0.15) is 8.61 Å². The van der Waals surface area contributed by atoms with Crippen LogP contribution >= 0.6 is 0 Å². The minimum atomic E-state index is -3.70. The molecule has 0 heterocycles. The molecule has 4 aromatic carbocycles. The van der Waals surface area contributed by atoms with E-state index in [0.717, 1.165) is 22.3 Å². The number of rotatable bonds is 26. The number of benzene rings is 4. The Kier molecular flexibility index (Phi) is 23.7. The Labute approximate surface area is 377 Å². The van der Waals surface area contributed by atoms with E-state index in [1.807, 2.05) is 97.1 Å². The van der Waals surface area contributed by atoms with Gasteiger partial charge in [0.05, 0.1) is 51.1 Å². The van der Waals surface area contributed by atoms with E-state index in [1.54, 1.807) is 54.4 Å². The predicted molar refractivity (Wildman–Crippen MR) is 254 cm³/mol. The van der Waals surface area contributed by atoms with Crippen LogP contribution in [0, 0.1) is 0 Å². The van der Waals surface area contributed by atoms with Crippen LogP contribution in [0.4, 0.5) is 0 Å². The van der Waals surface area contributed by atoms with E-state index in [9.17, 15) is 27.0 Å². The van der Waals surface area contributed by atoms with E-state index in [0.29, 0.717) is 48.7 Å². The number of allylic oxidation sites excluding steroid dienone is 2. The Morgan fingerprint density at radius 1 is 0.492 bits per heavy atom. The summed E-state index contributed by atoms with van der Waals surface area (Å²) in [5.41, 5.74) is 3.43. The minimum Gasteiger partial charge on any atom is -0.497 e. The smallest absolute Gasteiger partial charge is 0.217 e. The zero-order valence-electron chi connectivity index (χ0n) is 37.1. The fourth-order valence-corrected chi connectivity index (χ4v) is 10.8. The van der Waals surface area contributed by atoms with Crippen LogP contribution in [0.3, 0.4) is 0 Å². The summed E-state index contributed by atoms with van der Waals surface area (Å²) in [4.78, 5) is 0. The van der Waals surface area contributed by atoms with Crippen LogP contribution in [-0.4, -0.2) is 86.8 Å². The van der Waals surface area contributed by atoms with Gasteiger partial charge in [-0.25, -0.2) is 16.8 Å². The molecule has 0 unspecified atom stereocenters. The van der Waals surface area contributed by atoms with E-state index < -0.39 is 42.8 Å². The molecule has 0 spiro atoms. The number of aliphatic hydroxyl groups is 2. The zero-order chi connectivity index (χ0) is 45.7. The molecule has 0 aromatic heterocycles. The van der Waals surface area contributed by atoms with Crippen LogP contribution in [0.25, 0.3) is 0 Å². The lowest BCUT2D eigenvalue weighted by molar-refractivity contribution is 0.180. The van der Waals surface area contributed by atoms with Gasteiger partial charge in [0.1, 0.15) is 23.0 Å². The molecule has 0 bridgehead atoms. The molecule has 4 atom stereocenters. The number of sulfonamides is 2. The minimum absolute atomic E-state index is 0. The van der Waals surface area contributed by atoms with E-state index in [2.05, 4.69) is 13.2 Å². The van der Waals surface area contributed by atoms with Gasteiger partial charge in [0.2, 0.25) is 20.0 Å². The number of hydrogen-bond donors (Lipinski definition) is 2. The Balaban J connectivity index is 0.000000427. The average Bonchev–Trinajstić information content (AvgIpc) is 3.27. The lowest BCUT2D eigenvalue weighted by Crippen LogP contribution is -2.39. The van der Waals surface area contributed by atoms with Crippen molar-refractivity contribution in [2.75, 3.05) is 28.4 Å². The summed E-state index contributed by atoms with van der Waals surface area (Å²) < 4.78 is 78.4. The van der Waals surface area contributed by atoms with E-state index in [1.165, 1.54) is 8.61 Å². The SMILES string of the molecule is C.C=CCC[C@@H](C[C@@H](C)O)S(=O)(=O)N(Cc1ccc(OC)cc1)Cc1ccc(OC)cc1.C=CCC[C@H](C[C@@H](C)O)S(=O)(=O)N(Cc1ccc(OC)cc1)Cc1ccc(OC)cc1. The molecule has 63 heavy (non-hydrogen) atoms. The van der Waals surface area contributed by atoms with Crippen molar-refractivity contribution in [2.24, 2.45) is 0 Å². The molecule has 0 fully saturated rings. The van der Waals surface area contributed by atoms with E-state index in [-0.39, 0.29) is 46.4 Å². The molecule has 0 saturated carbocycles. The lowest BCUT2D eigenvalue weighted by atomic mass is 10.1. The summed E-state index contributed by atoms with van der Waals surface area (Å²) in [5, 5.41) is 18.5. The highest BCUT2D eigenvalue weighted by Gasteiger charge is 2.34. The van der Waals surface area contributed by atoms with Crippen molar-refractivity contribution in [3.8, 4) is 23.0 Å². The fraction of sp³-hybridized carbons (Fsp3) is 0.429. The highest BCUT2D eigenvalue weighted by atomic mass is 32.2. The molecular weight excluding hydrogens is 841 g/mol. The molecule has 0 aliphatic carbocycles. The first-order chi connectivity index (χ1) is 29.6. The molecule has 0 saturated heterocycles. The van der Waals surface area contributed by atoms with Crippen molar-refractivity contribution in [1.29, 1.82) is 0 Å². The molecular formula is C49H70N2O10S2. The van der Waals surface area contributed by atoms with Crippen molar-refractivity contribution in [3.63, 3.8) is 0 Å². The summed E-state index contributed by atoms with van der Waals surface area (Å²) >= 11 is 0. The summed E-state index contributed by atoms with van der Waals surface area (Å²) in [6.45, 7) is 11.6. The number of ether oxygens (including phenoxy) is 4. The second-order valence-corrected chi connectivity index (χ2v) is 19.6. The third-order valence-corrected chi connectivity index (χ3v) is 14.7. The van der Waals surface area contributed by atoms with Gasteiger partial charge in [0.15, 0.2) is 0 Å². The normalized spacial score (nSPS) is 13.4. The van der Waals surface area contributed by atoms with Gasteiger partial charge in [-0.3, -0.25) is 0 Å². The maximum absolute atomic E-state index is 13.7. The van der Waals surface area contributed by atoms with Crippen LogP contribution in [-0.2, 0) is 46.2 Å². The number of nitrogens with zero attached hydrogens (tertiary/aromatic N) is 2. The molecule has 0 amide bonds. The molecule has 14 heteroatoms. The Morgan fingerprint density at radius 2 is 0.714 bits per heavy atom. The first-order valence-corrected chi connectivity index (χ1v) is 23.7. The van der Waals surface area contributed by atoms with Gasteiger partial charge in [0, 0.05) is 26.2 Å². The number of hydrogen-bond acceptors (Lipinski definition) is 10. The van der Waals surface area contributed by atoms with Crippen molar-refractivity contribution in [1.82, 2.24) is 8.61 Å². The van der Waals surface area contributed by atoms with Crippen molar-refractivity contribution < 1.29 is 46.0 Å². The Hall–Kier alpha value is -4.70. The topological polar surface area (TPSA) is 152 Å². The Morgan fingerprint density at radius 3 is 0.889 bits per heavy atom. The van der Waals surface area contributed by atoms with Crippen LogP contribution < -0.4 is 18.9 Å². The highest BCUT2D eigenvalue weighted by molar-refractivity contribution is 7.90. The maximum Gasteiger partial charge on any atom is 0.217 e. The van der Waals surface area contributed by atoms with Gasteiger partial charge < -0.3 is 29.2 Å². The fourth-order valence-electron chi connectivity index (χ4n) is 6.78. The van der Waals surface area contributed by atoms with Gasteiger partial charge in [0.25, 0.3) is 0 Å². The average molecular weight is 911 g/mol. The summed E-state index contributed by atoms with van der Waals surface area (Å²) in [7, 11) is -1.02. The summed E-state index contributed by atoms with van der Waals surface area (Å²) in [6.07, 6.45) is 4.31. The van der Waals surface area contributed by atoms with Crippen LogP contribution in [0.1, 0.15) is 82.1 Å². The molecule has 2 N–H and O–H groups in total. The molecule has 0 aliphatic heterocycles. The van der Waals surface area contributed by atoms with Gasteiger partial charge in [-0.15, -0.1) is 13.2 Å². The lowest BCUT2D eigenvalue weighted by Gasteiger charge is -2.28. The van der Waals surface area contributed by atoms with E-state index >= 15 is 0 Å². The monoisotopic (exact) mass is 910 g/mol. The van der Waals surface area contributed by atoms with Crippen LogP contribution in [0.15, 0.2) is 122 Å². The third-order valence-electron chi connectivity index (χ3n) is 10.2. The Bertz CT molecular complexity index is 1870. The van der Waals surface area contributed by atoms with Crippen molar-refractivity contribution >= 4 is 20.0 Å². The molecule has 348 valence electrons. The van der Waals surface area contributed by atoms with Crippen molar-refractivity contribution in [2.45, 2.75) is 109 Å². The standard InChI is InChI=1S/2C24H33NO5S.CH4/c2*1-5-6-7-24(16-19(2)26)31(27,28)25(17-20-8-12-22(29-3)13-9-20)18-21-10-14-23(30-4)15-11-21;/h2*5,8-15,19,24,26H,1,6-7,16-18H2,2-4H3;1H4/t19-,24+;19-,24-;/m11./s1. The molecule has 0 aliphatic rings. The molecule has 4 rings (SSSR count). The van der Waals surface area contributed by atoms with Gasteiger partial charge in [-0.05, 0) is 123 Å². The van der Waals surface area contributed by atoms with Crippen molar-refractivity contribution in [3.05, 3.63) is 145 Å². The number of methoxy groups -OCH3 is 4. The quantitative estimate of drug-likeness (QED) is 0.0585. The predicted octanol–water partition coefficient (Wildman–Crippen LogP) is 8.92. The van der Waals surface area contributed by atoms with Gasteiger partial charge in [-0.1, -0.05) is 68.1 Å². The van der Waals surface area contributed by atoms with Crippen LogP contribution in [0.2, 0.25) is 0 Å². The summed E-state index contributed by atoms with van der Waals surface area (Å²) in [5.74, 6) is 2.86. The largest absolute Gasteiger partial charge is 0.497 e. The van der Waals surface area contributed by atoms with Gasteiger partial charge >= 0.3 is 0 Å². The molecule has 0 radical (unpaired) electrons. The first-order valence-electron chi connectivity index (χ1n) is 20.7. The highest BCUT2D eigenvalue weighted by Crippen LogP contribution is 2.27. The zero-order valence-corrected chi connectivity index (χ0v) is 38.7. The summed E-state index contributed by atoms with van der Waals surface area (Å²) in [6, 6.07) is 29.5. The third kappa shape index (κ3) is 17.8.